The van der Waals surface area contributed by atoms with Crippen LogP contribution in [0.2, 0.25) is 0 Å². The second-order valence-electron chi connectivity index (χ2n) is 12.5. The van der Waals surface area contributed by atoms with Crippen molar-refractivity contribution in [1.82, 2.24) is 0 Å². The van der Waals surface area contributed by atoms with Gasteiger partial charge in [0.15, 0.2) is 0 Å². The van der Waals surface area contributed by atoms with Gasteiger partial charge >= 0.3 is 0 Å². The van der Waals surface area contributed by atoms with Crippen LogP contribution in [-0.4, -0.2) is 32.3 Å². The zero-order chi connectivity index (χ0) is 32.8. The summed E-state index contributed by atoms with van der Waals surface area (Å²) in [5.74, 6) is 3.35. The highest BCUT2D eigenvalue weighted by atomic mass is 16.5. The lowest BCUT2D eigenvalue weighted by Crippen LogP contribution is -2.14. The molecule has 1 amide bonds. The van der Waals surface area contributed by atoms with Crippen molar-refractivity contribution in [3.05, 3.63) is 111 Å². The summed E-state index contributed by atoms with van der Waals surface area (Å²) in [4.78, 5) is 13.8. The topological polar surface area (TPSA) is 66.0 Å². The van der Waals surface area contributed by atoms with E-state index in [1.807, 2.05) is 12.1 Å². The van der Waals surface area contributed by atoms with E-state index in [1.54, 1.807) is 0 Å². The molecular formula is C41H47NO5. The molecule has 0 fully saturated rings. The van der Waals surface area contributed by atoms with E-state index in [0.29, 0.717) is 57.7 Å². The first kappa shape index (κ1) is 32.5. The molecule has 0 unspecified atom stereocenters. The van der Waals surface area contributed by atoms with E-state index in [-0.39, 0.29) is 5.91 Å². The molecule has 1 aliphatic heterocycles. The minimum absolute atomic E-state index is 0.129. The van der Waals surface area contributed by atoms with Crippen LogP contribution in [0.1, 0.15) is 108 Å². The van der Waals surface area contributed by atoms with Gasteiger partial charge in [-0.25, -0.2) is 0 Å². The normalized spacial score (nSPS) is 13.2. The number of benzene rings is 4. The predicted octanol–water partition coefficient (Wildman–Crippen LogP) is 9.08. The Kier molecular flexibility index (Phi) is 10.4. The summed E-state index contributed by atoms with van der Waals surface area (Å²) >= 11 is 0. The maximum absolute atomic E-state index is 13.8. The largest absolute Gasteiger partial charge is 0.493 e. The standard InChI is InChI=1S/C41H47NO5/c1-5-19-44-37-27-11-9-13-29(37)24-31-15-17-33-34(39(31)46-21-7-3)26-35-36(42-41(33)43)18-16-32(40(35)47-22-8-4)25-30-14-10-12-28(23-27)38(30)45-20-6-2/h9-18H,5-8,19-26H2,1-4H3,(H,42,43). The average Bonchev–Trinajstić information content (AvgIpc) is 3.22. The zero-order valence-corrected chi connectivity index (χ0v) is 28.3. The van der Waals surface area contributed by atoms with Crippen LogP contribution in [0.25, 0.3) is 0 Å². The van der Waals surface area contributed by atoms with E-state index in [0.717, 1.165) is 98.9 Å². The Hall–Kier alpha value is -4.45. The van der Waals surface area contributed by atoms with Crippen molar-refractivity contribution in [2.24, 2.45) is 0 Å². The Morgan fingerprint density at radius 1 is 0.489 bits per heavy atom. The van der Waals surface area contributed by atoms with Gasteiger partial charge in [0.05, 0.1) is 26.4 Å². The third-order valence-electron chi connectivity index (χ3n) is 8.83. The molecule has 0 saturated heterocycles. The number of hydrogen-bond donors (Lipinski definition) is 1. The molecule has 8 bridgehead atoms. The predicted molar refractivity (Wildman–Crippen MR) is 188 cm³/mol. The smallest absolute Gasteiger partial charge is 0.256 e. The van der Waals surface area contributed by atoms with Gasteiger partial charge in [0.1, 0.15) is 23.0 Å². The molecule has 1 aliphatic carbocycles. The molecule has 246 valence electrons. The molecular weight excluding hydrogens is 586 g/mol. The minimum Gasteiger partial charge on any atom is -0.493 e. The molecule has 6 rings (SSSR count). The lowest BCUT2D eigenvalue weighted by molar-refractivity contribution is 0.102. The van der Waals surface area contributed by atoms with Gasteiger partial charge in [0, 0.05) is 48.1 Å². The van der Waals surface area contributed by atoms with Crippen molar-refractivity contribution in [1.29, 1.82) is 0 Å². The molecule has 6 heteroatoms. The van der Waals surface area contributed by atoms with Crippen LogP contribution in [0, 0.1) is 0 Å². The lowest BCUT2D eigenvalue weighted by Gasteiger charge is -2.23. The summed E-state index contributed by atoms with van der Waals surface area (Å²) in [6, 6.07) is 21.1. The number of amides is 1. The third-order valence-corrected chi connectivity index (χ3v) is 8.83. The number of para-hydroxylation sites is 2. The minimum atomic E-state index is -0.129. The first-order valence-corrected chi connectivity index (χ1v) is 17.4. The maximum Gasteiger partial charge on any atom is 0.256 e. The van der Waals surface area contributed by atoms with Gasteiger partial charge in [0.25, 0.3) is 5.91 Å². The Balaban J connectivity index is 1.63. The first-order valence-electron chi connectivity index (χ1n) is 17.4. The Morgan fingerprint density at radius 2 is 0.894 bits per heavy atom. The van der Waals surface area contributed by atoms with Crippen LogP contribution in [0.15, 0.2) is 60.7 Å². The van der Waals surface area contributed by atoms with Crippen LogP contribution in [0.5, 0.6) is 23.0 Å². The highest BCUT2D eigenvalue weighted by molar-refractivity contribution is 6.07. The van der Waals surface area contributed by atoms with Crippen molar-refractivity contribution in [3.63, 3.8) is 0 Å². The fraction of sp³-hybridized carbons (Fsp3) is 0.390. The van der Waals surface area contributed by atoms with Crippen LogP contribution >= 0.6 is 0 Å². The van der Waals surface area contributed by atoms with Gasteiger partial charge in [-0.3, -0.25) is 4.79 Å². The van der Waals surface area contributed by atoms with Crippen molar-refractivity contribution in [2.75, 3.05) is 31.7 Å². The molecule has 0 spiro atoms. The average molecular weight is 634 g/mol. The Labute approximate surface area is 279 Å². The fourth-order valence-electron chi connectivity index (χ4n) is 6.67. The molecule has 1 N–H and O–H groups in total. The number of fused-ring (bicyclic) bond motifs is 6. The lowest BCUT2D eigenvalue weighted by atomic mass is 9.90. The van der Waals surface area contributed by atoms with E-state index in [1.165, 1.54) is 0 Å². The second kappa shape index (κ2) is 15.0. The molecule has 0 atom stereocenters. The van der Waals surface area contributed by atoms with E-state index in [4.69, 9.17) is 18.9 Å². The second-order valence-corrected chi connectivity index (χ2v) is 12.5. The van der Waals surface area contributed by atoms with Gasteiger partial charge in [0.2, 0.25) is 0 Å². The first-order chi connectivity index (χ1) is 23.1. The van der Waals surface area contributed by atoms with E-state index < -0.39 is 0 Å². The quantitative estimate of drug-likeness (QED) is 0.148. The van der Waals surface area contributed by atoms with Crippen LogP contribution in [0.4, 0.5) is 5.69 Å². The molecule has 0 saturated carbocycles. The molecule has 1 heterocycles. The van der Waals surface area contributed by atoms with Crippen LogP contribution < -0.4 is 24.3 Å². The van der Waals surface area contributed by atoms with E-state index in [9.17, 15) is 4.79 Å². The summed E-state index contributed by atoms with van der Waals surface area (Å²) in [5, 5.41) is 3.21. The molecule has 0 aromatic heterocycles. The van der Waals surface area contributed by atoms with Gasteiger partial charge in [-0.15, -0.1) is 0 Å². The molecule has 6 nitrogen and oxygen atoms in total. The van der Waals surface area contributed by atoms with Gasteiger partial charge in [-0.05, 0) is 71.2 Å². The number of carbonyl (C=O) groups excluding carboxylic acids is 1. The summed E-state index contributed by atoms with van der Waals surface area (Å²) in [7, 11) is 0. The van der Waals surface area contributed by atoms with Gasteiger partial charge in [-0.2, -0.15) is 0 Å². The Bertz CT molecular complexity index is 1740. The number of rotatable bonds is 12. The molecule has 4 aromatic carbocycles. The SMILES string of the molecule is CCCOc1c2cccc1Cc1ccc3c(c1OCCC)Cc1c(ccc(c1OCCC)Cc1cccc(c1OCCC)C2)C(=O)N3. The zero-order valence-electron chi connectivity index (χ0n) is 28.3. The van der Waals surface area contributed by atoms with Crippen molar-refractivity contribution < 1.29 is 23.7 Å². The highest BCUT2D eigenvalue weighted by Gasteiger charge is 2.29. The number of nitrogens with one attached hydrogen (secondary N) is 1. The number of anilines is 1. The number of ether oxygens (including phenoxy) is 4. The monoisotopic (exact) mass is 633 g/mol. The molecule has 2 aliphatic rings. The highest BCUT2D eigenvalue weighted by Crippen LogP contribution is 2.43. The van der Waals surface area contributed by atoms with Crippen molar-refractivity contribution in [3.8, 4) is 23.0 Å². The number of carbonyl (C=O) groups is 1. The summed E-state index contributed by atoms with van der Waals surface area (Å²) in [6.07, 6.45) is 6.02. The molecule has 47 heavy (non-hydrogen) atoms. The van der Waals surface area contributed by atoms with Crippen LogP contribution in [-0.2, 0) is 25.7 Å². The molecule has 0 radical (unpaired) electrons. The fourth-order valence-corrected chi connectivity index (χ4v) is 6.67. The summed E-state index contributed by atoms with van der Waals surface area (Å²) in [5.41, 5.74) is 9.90. The summed E-state index contributed by atoms with van der Waals surface area (Å²) in [6.45, 7) is 10.9. The van der Waals surface area contributed by atoms with Crippen molar-refractivity contribution in [2.45, 2.75) is 79.1 Å². The van der Waals surface area contributed by atoms with Crippen LogP contribution in [0.3, 0.4) is 0 Å². The third kappa shape index (κ3) is 6.83. The number of hydrogen-bond acceptors (Lipinski definition) is 5. The maximum atomic E-state index is 13.8. The molecule has 4 aromatic rings. The van der Waals surface area contributed by atoms with Gasteiger partial charge < -0.3 is 24.3 Å². The van der Waals surface area contributed by atoms with E-state index >= 15 is 0 Å². The summed E-state index contributed by atoms with van der Waals surface area (Å²) < 4.78 is 26.3. The van der Waals surface area contributed by atoms with E-state index in [2.05, 4.69) is 81.5 Å². The van der Waals surface area contributed by atoms with Crippen molar-refractivity contribution >= 4 is 11.6 Å². The van der Waals surface area contributed by atoms with Gasteiger partial charge in [-0.1, -0.05) is 76.2 Å². The Morgan fingerprint density at radius 3 is 1.36 bits per heavy atom.